The molecule has 0 aliphatic rings. The molecule has 6 heteroatoms. The molecule has 1 unspecified atom stereocenters. The van der Waals surface area contributed by atoms with Crippen LogP contribution < -0.4 is 10.6 Å². The van der Waals surface area contributed by atoms with Gasteiger partial charge in [0.05, 0.1) is 0 Å². The van der Waals surface area contributed by atoms with E-state index in [1.165, 1.54) is 0 Å². The van der Waals surface area contributed by atoms with Crippen LogP contribution in [0.25, 0.3) is 11.1 Å². The highest BCUT2D eigenvalue weighted by molar-refractivity contribution is 6.02. The summed E-state index contributed by atoms with van der Waals surface area (Å²) in [5, 5.41) is 10.4. The Morgan fingerprint density at radius 3 is 2.32 bits per heavy atom. The van der Waals surface area contributed by atoms with Gasteiger partial charge in [-0.05, 0) is 29.3 Å². The summed E-state index contributed by atoms with van der Waals surface area (Å²) in [6.07, 6.45) is 0. The van der Waals surface area contributed by atoms with Crippen LogP contribution in [-0.4, -0.2) is 18.2 Å². The summed E-state index contributed by atoms with van der Waals surface area (Å²) in [6, 6.07) is 26.3. The summed E-state index contributed by atoms with van der Waals surface area (Å²) in [5.41, 5.74) is 3.14. The summed E-state index contributed by atoms with van der Waals surface area (Å²) < 4.78 is 20.3. The fourth-order valence-corrected chi connectivity index (χ4v) is 3.29. The number of nitrogens with zero attached hydrogens (tertiary/aromatic N) is 2. The van der Waals surface area contributed by atoms with E-state index < -0.39 is 0 Å². The number of nitrogens with one attached hydrogen (secondary N) is 2. The predicted octanol–water partition coefficient (Wildman–Crippen LogP) is 6.14. The van der Waals surface area contributed by atoms with Crippen LogP contribution in [-0.2, 0) is 0 Å². The van der Waals surface area contributed by atoms with Crippen molar-refractivity contribution in [3.8, 4) is 11.1 Å². The maximum absolute atomic E-state index is 14.8. The Kier molecular flexibility index (Phi) is 6.08. The first kappa shape index (κ1) is 20.3. The molecule has 4 aromatic rings. The molecule has 1 heterocycles. The Hall–Kier alpha value is -3.93. The quantitative estimate of drug-likeness (QED) is 0.304. The molecule has 1 aromatic heterocycles. The number of guanidine groups is 1. The molecule has 0 fully saturated rings. The smallest absolute Gasteiger partial charge is 0.201 e. The zero-order valence-corrected chi connectivity index (χ0v) is 17.3. The maximum Gasteiger partial charge on any atom is 0.201 e. The second kappa shape index (κ2) is 9.26. The highest BCUT2D eigenvalue weighted by Crippen LogP contribution is 2.30. The first-order valence-electron chi connectivity index (χ1n) is 10.0. The molecule has 2 N–H and O–H groups in total. The molecular weight excluding hydrogens is 391 g/mol. The number of rotatable bonds is 5. The lowest BCUT2D eigenvalue weighted by molar-refractivity contribution is 0.378. The molecule has 0 amide bonds. The fraction of sp³-hybridized carbons (Fsp3) is 0.120. The van der Waals surface area contributed by atoms with Gasteiger partial charge in [0.15, 0.2) is 5.82 Å². The van der Waals surface area contributed by atoms with Crippen molar-refractivity contribution in [2.75, 3.05) is 17.7 Å². The standard InChI is InChI=1S/C25H23FN4O/c1-17(19-13-14-21(22(26)15-19)18-9-5-3-6-10-18)23-16-24(30-31-23)29-25(27-2)28-20-11-7-4-8-12-20/h3-17H,1-2H3,(H2,27,28,29,30). The van der Waals surface area contributed by atoms with Crippen molar-refractivity contribution in [3.05, 3.63) is 102 Å². The second-order valence-electron chi connectivity index (χ2n) is 7.13. The van der Waals surface area contributed by atoms with E-state index in [9.17, 15) is 4.39 Å². The summed E-state index contributed by atoms with van der Waals surface area (Å²) in [5.74, 6) is 1.26. The second-order valence-corrected chi connectivity index (χ2v) is 7.13. The predicted molar refractivity (Wildman–Crippen MR) is 123 cm³/mol. The van der Waals surface area contributed by atoms with Gasteiger partial charge < -0.3 is 15.2 Å². The van der Waals surface area contributed by atoms with E-state index in [2.05, 4.69) is 20.8 Å². The van der Waals surface area contributed by atoms with E-state index in [1.54, 1.807) is 25.2 Å². The van der Waals surface area contributed by atoms with Gasteiger partial charge in [-0.15, -0.1) is 0 Å². The Labute approximate surface area is 180 Å². The third-order valence-electron chi connectivity index (χ3n) is 5.04. The molecule has 4 rings (SSSR count). The molecule has 0 radical (unpaired) electrons. The zero-order valence-electron chi connectivity index (χ0n) is 17.3. The number of hydrogen-bond donors (Lipinski definition) is 2. The van der Waals surface area contributed by atoms with Gasteiger partial charge in [-0.2, -0.15) is 0 Å². The minimum atomic E-state index is -0.263. The molecule has 1 atom stereocenters. The summed E-state index contributed by atoms with van der Waals surface area (Å²) in [6.45, 7) is 1.96. The van der Waals surface area contributed by atoms with Gasteiger partial charge in [0.1, 0.15) is 11.6 Å². The highest BCUT2D eigenvalue weighted by Gasteiger charge is 2.17. The monoisotopic (exact) mass is 414 g/mol. The van der Waals surface area contributed by atoms with Crippen LogP contribution in [0, 0.1) is 5.82 Å². The van der Waals surface area contributed by atoms with Crippen molar-refractivity contribution in [3.63, 3.8) is 0 Å². The minimum Gasteiger partial charge on any atom is -0.359 e. The van der Waals surface area contributed by atoms with Gasteiger partial charge in [0, 0.05) is 30.3 Å². The lowest BCUT2D eigenvalue weighted by atomic mass is 9.95. The van der Waals surface area contributed by atoms with Crippen molar-refractivity contribution in [2.24, 2.45) is 4.99 Å². The van der Waals surface area contributed by atoms with E-state index in [1.807, 2.05) is 73.7 Å². The molecule has 0 saturated heterocycles. The fourth-order valence-electron chi connectivity index (χ4n) is 3.29. The van der Waals surface area contributed by atoms with Crippen LogP contribution in [0.4, 0.5) is 15.9 Å². The van der Waals surface area contributed by atoms with Crippen molar-refractivity contribution in [1.29, 1.82) is 0 Å². The first-order valence-corrected chi connectivity index (χ1v) is 10.0. The largest absolute Gasteiger partial charge is 0.359 e. The third-order valence-corrected chi connectivity index (χ3v) is 5.04. The average Bonchev–Trinajstić information content (AvgIpc) is 3.28. The van der Waals surface area contributed by atoms with Gasteiger partial charge in [0.2, 0.25) is 5.96 Å². The maximum atomic E-state index is 14.8. The average molecular weight is 414 g/mol. The lowest BCUT2D eigenvalue weighted by Gasteiger charge is -2.11. The van der Waals surface area contributed by atoms with Gasteiger partial charge >= 0.3 is 0 Å². The summed E-state index contributed by atoms with van der Waals surface area (Å²) in [7, 11) is 1.68. The lowest BCUT2D eigenvalue weighted by Crippen LogP contribution is -2.21. The number of hydrogen-bond acceptors (Lipinski definition) is 3. The molecule has 0 spiro atoms. The zero-order chi connectivity index (χ0) is 21.6. The molecule has 156 valence electrons. The number of anilines is 2. The summed E-state index contributed by atoms with van der Waals surface area (Å²) in [4.78, 5) is 4.20. The van der Waals surface area contributed by atoms with Crippen molar-refractivity contribution < 1.29 is 8.91 Å². The molecule has 0 aliphatic carbocycles. The van der Waals surface area contributed by atoms with E-state index in [-0.39, 0.29) is 11.7 Å². The van der Waals surface area contributed by atoms with Crippen LogP contribution in [0.3, 0.4) is 0 Å². The van der Waals surface area contributed by atoms with E-state index >= 15 is 0 Å². The van der Waals surface area contributed by atoms with Crippen molar-refractivity contribution >= 4 is 17.5 Å². The number of aromatic nitrogens is 1. The van der Waals surface area contributed by atoms with Crippen LogP contribution in [0.2, 0.25) is 0 Å². The summed E-state index contributed by atoms with van der Waals surface area (Å²) >= 11 is 0. The number of para-hydroxylation sites is 1. The Balaban J connectivity index is 1.48. The minimum absolute atomic E-state index is 0.161. The van der Waals surface area contributed by atoms with E-state index in [0.29, 0.717) is 23.1 Å². The van der Waals surface area contributed by atoms with Gasteiger partial charge in [-0.1, -0.05) is 72.7 Å². The van der Waals surface area contributed by atoms with Crippen LogP contribution >= 0.6 is 0 Å². The Morgan fingerprint density at radius 1 is 0.935 bits per heavy atom. The number of benzene rings is 3. The molecule has 31 heavy (non-hydrogen) atoms. The third kappa shape index (κ3) is 4.80. The Morgan fingerprint density at radius 2 is 1.65 bits per heavy atom. The highest BCUT2D eigenvalue weighted by atomic mass is 19.1. The Bertz CT molecular complexity index is 1170. The molecular formula is C25H23FN4O. The van der Waals surface area contributed by atoms with Crippen LogP contribution in [0.5, 0.6) is 0 Å². The van der Waals surface area contributed by atoms with E-state index in [0.717, 1.165) is 16.8 Å². The topological polar surface area (TPSA) is 62.5 Å². The van der Waals surface area contributed by atoms with Crippen LogP contribution in [0.1, 0.15) is 24.2 Å². The molecule has 3 aromatic carbocycles. The molecule has 0 saturated carbocycles. The van der Waals surface area contributed by atoms with Gasteiger partial charge in [0.25, 0.3) is 0 Å². The van der Waals surface area contributed by atoms with Gasteiger partial charge in [-0.25, -0.2) is 4.39 Å². The number of halogens is 1. The van der Waals surface area contributed by atoms with Crippen molar-refractivity contribution in [2.45, 2.75) is 12.8 Å². The molecule has 0 bridgehead atoms. The molecule has 0 aliphatic heterocycles. The normalized spacial score (nSPS) is 12.4. The van der Waals surface area contributed by atoms with Gasteiger partial charge in [-0.3, -0.25) is 4.99 Å². The first-order chi connectivity index (χ1) is 15.1. The van der Waals surface area contributed by atoms with Crippen LogP contribution in [0.15, 0.2) is 94.4 Å². The van der Waals surface area contributed by atoms with Crippen molar-refractivity contribution in [1.82, 2.24) is 5.16 Å². The number of aliphatic imine (C=N–C) groups is 1. The SMILES string of the molecule is CN=C(Nc1ccccc1)Nc1cc(C(C)c2ccc(-c3ccccc3)c(F)c2)on1. The molecule has 5 nitrogen and oxygen atoms in total. The van der Waals surface area contributed by atoms with E-state index in [4.69, 9.17) is 4.52 Å².